The van der Waals surface area contributed by atoms with Crippen molar-refractivity contribution in [1.82, 2.24) is 9.80 Å². The van der Waals surface area contributed by atoms with Gasteiger partial charge in [-0.25, -0.2) is 4.79 Å². The summed E-state index contributed by atoms with van der Waals surface area (Å²) in [6.07, 6.45) is 6.62. The first kappa shape index (κ1) is 18.2. The van der Waals surface area contributed by atoms with Crippen molar-refractivity contribution in [3.05, 3.63) is 12.2 Å². The molecule has 3 aliphatic rings. The minimum Gasteiger partial charge on any atom is -0.444 e. The van der Waals surface area contributed by atoms with Crippen LogP contribution in [0.2, 0.25) is 0 Å². The zero-order chi connectivity index (χ0) is 18.3. The summed E-state index contributed by atoms with van der Waals surface area (Å²) in [6, 6.07) is 0. The van der Waals surface area contributed by atoms with E-state index in [1.54, 1.807) is 4.90 Å². The first-order valence-corrected chi connectivity index (χ1v) is 9.19. The van der Waals surface area contributed by atoms with E-state index in [4.69, 9.17) is 9.47 Å². The molecule has 0 saturated carbocycles. The maximum Gasteiger partial charge on any atom is 0.410 e. The van der Waals surface area contributed by atoms with Crippen molar-refractivity contribution in [2.45, 2.75) is 58.2 Å². The minimum absolute atomic E-state index is 0.209. The molecule has 1 unspecified atom stereocenters. The quantitative estimate of drug-likeness (QED) is 0.682. The van der Waals surface area contributed by atoms with Gasteiger partial charge in [-0.05, 0) is 40.0 Å². The van der Waals surface area contributed by atoms with Crippen molar-refractivity contribution in [2.24, 2.45) is 5.41 Å². The van der Waals surface area contributed by atoms with Crippen LogP contribution >= 0.6 is 0 Å². The van der Waals surface area contributed by atoms with Crippen LogP contribution in [0.15, 0.2) is 12.2 Å². The number of likely N-dealkylation sites (tertiary alicyclic amines) is 1. The molecule has 2 saturated heterocycles. The number of carbonyl (C=O) groups is 2. The summed E-state index contributed by atoms with van der Waals surface area (Å²) in [5, 5.41) is 0. The van der Waals surface area contributed by atoms with Gasteiger partial charge in [0, 0.05) is 6.54 Å². The third kappa shape index (κ3) is 3.84. The van der Waals surface area contributed by atoms with Crippen LogP contribution in [0.1, 0.15) is 47.0 Å². The normalized spacial score (nSPS) is 28.6. The van der Waals surface area contributed by atoms with Gasteiger partial charge in [-0.3, -0.25) is 4.79 Å². The van der Waals surface area contributed by atoms with Gasteiger partial charge in [-0.2, -0.15) is 0 Å². The Morgan fingerprint density at radius 3 is 2.40 bits per heavy atom. The monoisotopic (exact) mass is 350 g/mol. The lowest BCUT2D eigenvalue weighted by molar-refractivity contribution is -0.195. The van der Waals surface area contributed by atoms with Gasteiger partial charge in [0.15, 0.2) is 0 Å². The molecule has 0 N–H and O–H groups in total. The number of allylic oxidation sites excluding steroid dienone is 2. The summed E-state index contributed by atoms with van der Waals surface area (Å²) in [7, 11) is 0. The standard InChI is InChI=1S/C19H30N2O4/c1-17(2,3)25-16(23)20-10-11-24-19(12-20)13-21(14-19)15(22)18(4)8-6-5-7-9-18/h5-6H,7-14H2,1-4H3. The van der Waals surface area contributed by atoms with Crippen LogP contribution in [0.5, 0.6) is 0 Å². The maximum atomic E-state index is 12.9. The summed E-state index contributed by atoms with van der Waals surface area (Å²) < 4.78 is 11.4. The molecule has 6 heteroatoms. The third-order valence-electron chi connectivity index (χ3n) is 5.26. The number of ether oxygens (including phenoxy) is 2. The summed E-state index contributed by atoms with van der Waals surface area (Å²) in [4.78, 5) is 28.8. The molecule has 0 radical (unpaired) electrons. The van der Waals surface area contributed by atoms with Crippen LogP contribution in [0.4, 0.5) is 4.79 Å². The summed E-state index contributed by atoms with van der Waals surface area (Å²) in [5.74, 6) is 0.209. The Kier molecular flexibility index (Phi) is 4.60. The molecule has 0 aromatic carbocycles. The first-order valence-electron chi connectivity index (χ1n) is 9.19. The smallest absolute Gasteiger partial charge is 0.410 e. The molecule has 3 rings (SSSR count). The van der Waals surface area contributed by atoms with Crippen molar-refractivity contribution in [2.75, 3.05) is 32.8 Å². The third-order valence-corrected chi connectivity index (χ3v) is 5.26. The average molecular weight is 350 g/mol. The lowest BCUT2D eigenvalue weighted by Gasteiger charge is -2.55. The molecule has 1 aliphatic carbocycles. The Morgan fingerprint density at radius 2 is 1.80 bits per heavy atom. The average Bonchev–Trinajstić information content (AvgIpc) is 2.51. The van der Waals surface area contributed by atoms with Crippen molar-refractivity contribution < 1.29 is 19.1 Å². The highest BCUT2D eigenvalue weighted by Gasteiger charge is 2.52. The summed E-state index contributed by atoms with van der Waals surface area (Å²) in [6.45, 7) is 10.3. The topological polar surface area (TPSA) is 59.1 Å². The van der Waals surface area contributed by atoms with Gasteiger partial charge in [0.05, 0.1) is 31.7 Å². The molecule has 0 bridgehead atoms. The van der Waals surface area contributed by atoms with Crippen LogP contribution in [0.25, 0.3) is 0 Å². The lowest BCUT2D eigenvalue weighted by atomic mass is 9.76. The van der Waals surface area contributed by atoms with Gasteiger partial charge in [-0.1, -0.05) is 19.1 Å². The molecule has 2 heterocycles. The van der Waals surface area contributed by atoms with E-state index in [-0.39, 0.29) is 17.4 Å². The van der Waals surface area contributed by atoms with Crippen LogP contribution < -0.4 is 0 Å². The molecule has 0 aromatic rings. The lowest BCUT2D eigenvalue weighted by Crippen LogP contribution is -2.72. The van der Waals surface area contributed by atoms with Gasteiger partial charge in [0.1, 0.15) is 11.2 Å². The number of carbonyl (C=O) groups excluding carboxylic acids is 2. The van der Waals surface area contributed by atoms with E-state index in [1.165, 1.54) is 0 Å². The highest BCUT2D eigenvalue weighted by Crippen LogP contribution is 2.38. The number of hydrogen-bond donors (Lipinski definition) is 0. The van der Waals surface area contributed by atoms with Crippen molar-refractivity contribution in [3.8, 4) is 0 Å². The molecular formula is C19H30N2O4. The molecule has 0 aromatic heterocycles. The zero-order valence-corrected chi connectivity index (χ0v) is 15.8. The van der Waals surface area contributed by atoms with Gasteiger partial charge in [-0.15, -0.1) is 0 Å². The Morgan fingerprint density at radius 1 is 1.12 bits per heavy atom. The van der Waals surface area contributed by atoms with Gasteiger partial charge >= 0.3 is 6.09 Å². The minimum atomic E-state index is -0.507. The van der Waals surface area contributed by atoms with Gasteiger partial charge < -0.3 is 19.3 Å². The van der Waals surface area contributed by atoms with Crippen LogP contribution in [-0.4, -0.2) is 65.8 Å². The van der Waals surface area contributed by atoms with Crippen LogP contribution in [0.3, 0.4) is 0 Å². The zero-order valence-electron chi connectivity index (χ0n) is 15.8. The molecule has 25 heavy (non-hydrogen) atoms. The van der Waals surface area contributed by atoms with Gasteiger partial charge in [0.2, 0.25) is 5.91 Å². The molecule has 140 valence electrons. The molecule has 2 amide bonds. The Balaban J connectivity index is 1.57. The number of amides is 2. The van der Waals surface area contributed by atoms with E-state index in [9.17, 15) is 9.59 Å². The van der Waals surface area contributed by atoms with Crippen LogP contribution in [-0.2, 0) is 14.3 Å². The highest BCUT2D eigenvalue weighted by molar-refractivity contribution is 5.84. The van der Waals surface area contributed by atoms with Crippen molar-refractivity contribution >= 4 is 12.0 Å². The Hall–Kier alpha value is -1.56. The molecular weight excluding hydrogens is 320 g/mol. The second-order valence-electron chi connectivity index (χ2n) is 8.87. The second kappa shape index (κ2) is 6.31. The van der Waals surface area contributed by atoms with E-state index in [1.807, 2.05) is 25.7 Å². The predicted molar refractivity (Wildman–Crippen MR) is 94.2 cm³/mol. The van der Waals surface area contributed by atoms with E-state index < -0.39 is 11.2 Å². The number of hydrogen-bond acceptors (Lipinski definition) is 4. The fourth-order valence-corrected chi connectivity index (χ4v) is 3.85. The molecule has 1 spiro atoms. The first-order chi connectivity index (χ1) is 11.6. The van der Waals surface area contributed by atoms with Crippen molar-refractivity contribution in [1.29, 1.82) is 0 Å². The number of morpholine rings is 1. The Bertz CT molecular complexity index is 574. The second-order valence-corrected chi connectivity index (χ2v) is 8.87. The summed E-state index contributed by atoms with van der Waals surface area (Å²) in [5.41, 5.74) is -1.23. The fraction of sp³-hybridized carbons (Fsp3) is 0.789. The van der Waals surface area contributed by atoms with E-state index in [0.717, 1.165) is 19.3 Å². The fourth-order valence-electron chi connectivity index (χ4n) is 3.85. The highest BCUT2D eigenvalue weighted by atomic mass is 16.6. The van der Waals surface area contributed by atoms with Crippen LogP contribution in [0, 0.1) is 5.41 Å². The molecule has 2 aliphatic heterocycles. The van der Waals surface area contributed by atoms with Gasteiger partial charge in [0.25, 0.3) is 0 Å². The summed E-state index contributed by atoms with van der Waals surface area (Å²) >= 11 is 0. The number of nitrogens with zero attached hydrogens (tertiary/aromatic N) is 2. The maximum absolute atomic E-state index is 12.9. The van der Waals surface area contributed by atoms with E-state index in [0.29, 0.717) is 32.8 Å². The SMILES string of the molecule is CC(C)(C)OC(=O)N1CCOC2(C1)CN(C(=O)C1(C)CC=CCC1)C2. The number of rotatable bonds is 1. The Labute approximate surface area is 150 Å². The molecule has 2 fully saturated rings. The molecule has 6 nitrogen and oxygen atoms in total. The van der Waals surface area contributed by atoms with E-state index >= 15 is 0 Å². The largest absolute Gasteiger partial charge is 0.444 e. The predicted octanol–water partition coefficient (Wildman–Crippen LogP) is 2.58. The molecule has 1 atom stereocenters. The van der Waals surface area contributed by atoms with Crippen molar-refractivity contribution in [3.63, 3.8) is 0 Å². The van der Waals surface area contributed by atoms with E-state index in [2.05, 4.69) is 19.1 Å².